The number of epoxide rings is 1. The summed E-state index contributed by atoms with van der Waals surface area (Å²) in [5, 5.41) is 12.7. The summed E-state index contributed by atoms with van der Waals surface area (Å²) in [5.74, 6) is 0.448. The van der Waals surface area contributed by atoms with Gasteiger partial charge in [-0.15, -0.1) is 0 Å². The van der Waals surface area contributed by atoms with Gasteiger partial charge in [-0.3, -0.25) is 19.7 Å². The average Bonchev–Trinajstić information content (AvgIpc) is 3.86. The second-order valence-electron chi connectivity index (χ2n) is 15.6. The van der Waals surface area contributed by atoms with Crippen LogP contribution in [0.5, 0.6) is 0 Å². The molecule has 11 heteroatoms. The van der Waals surface area contributed by atoms with Gasteiger partial charge in [0.2, 0.25) is 11.8 Å². The zero-order valence-electron chi connectivity index (χ0n) is 28.2. The Morgan fingerprint density at radius 1 is 1.13 bits per heavy atom. The fourth-order valence-electron chi connectivity index (χ4n) is 8.06. The number of esters is 1. The Labute approximate surface area is 272 Å². The molecule has 46 heavy (non-hydrogen) atoms. The number of hydrogen-bond donors (Lipinski definition) is 4. The van der Waals surface area contributed by atoms with E-state index in [0.29, 0.717) is 43.0 Å². The maximum atomic E-state index is 13.2. The molecule has 11 atom stereocenters. The molecule has 5 aliphatic rings. The second-order valence-corrected chi connectivity index (χ2v) is 15.6. The summed E-state index contributed by atoms with van der Waals surface area (Å²) in [7, 11) is 1.72. The van der Waals surface area contributed by atoms with Gasteiger partial charge in [0.1, 0.15) is 30.5 Å². The number of rotatable bonds is 12. The first-order chi connectivity index (χ1) is 21.7. The van der Waals surface area contributed by atoms with Crippen LogP contribution in [-0.2, 0) is 30.3 Å². The molecular weight excluding hydrogens is 586 g/mol. The Kier molecular flexibility index (Phi) is 8.73. The molecule has 4 N–H and O–H groups in total. The van der Waals surface area contributed by atoms with Gasteiger partial charge in [-0.2, -0.15) is 0 Å². The first-order valence-corrected chi connectivity index (χ1v) is 17.0. The molecule has 11 nitrogen and oxygen atoms in total. The quantitative estimate of drug-likeness (QED) is 0.202. The normalized spacial score (nSPS) is 34.4. The van der Waals surface area contributed by atoms with E-state index in [-0.39, 0.29) is 59.5 Å². The Morgan fingerprint density at radius 2 is 1.89 bits per heavy atom. The minimum Gasteiger partial charge on any atom is -0.460 e. The van der Waals surface area contributed by atoms with Crippen LogP contribution in [0.25, 0.3) is 0 Å². The largest absolute Gasteiger partial charge is 0.460 e. The predicted molar refractivity (Wildman–Crippen MR) is 171 cm³/mol. The minimum absolute atomic E-state index is 0.0119. The average molecular weight is 638 g/mol. The molecular formula is C35H51N5O6. The van der Waals surface area contributed by atoms with Crippen LogP contribution in [0.15, 0.2) is 24.3 Å². The second kappa shape index (κ2) is 12.2. The maximum absolute atomic E-state index is 13.2. The minimum atomic E-state index is -0.624. The number of carbonyl (C=O) groups excluding carboxylic acids is 4. The molecule has 3 amide bonds. The molecule has 0 radical (unpaired) electrons. The number of amides is 3. The maximum Gasteiger partial charge on any atom is 0.329 e. The van der Waals surface area contributed by atoms with E-state index < -0.39 is 17.5 Å². The molecule has 3 saturated heterocycles. The van der Waals surface area contributed by atoms with Crippen LogP contribution in [0, 0.1) is 28.6 Å². The number of nitrogens with one attached hydrogen (secondary N) is 4. The molecule has 5 fully saturated rings. The lowest BCUT2D eigenvalue weighted by molar-refractivity contribution is -0.147. The van der Waals surface area contributed by atoms with Gasteiger partial charge in [-0.05, 0) is 74.1 Å². The lowest BCUT2D eigenvalue weighted by atomic mass is 9.84. The van der Waals surface area contributed by atoms with E-state index in [0.717, 1.165) is 24.8 Å². The highest BCUT2D eigenvalue weighted by atomic mass is 16.6. The van der Waals surface area contributed by atoms with Gasteiger partial charge < -0.3 is 30.3 Å². The number of likely N-dealkylation sites (N-methyl/N-ethyl adjacent to an activating group) is 1. The summed E-state index contributed by atoms with van der Waals surface area (Å²) in [6.45, 7) is 13.3. The molecule has 0 bridgehead atoms. The zero-order valence-corrected chi connectivity index (χ0v) is 28.2. The lowest BCUT2D eigenvalue weighted by Crippen LogP contribution is -2.62. The highest BCUT2D eigenvalue weighted by Crippen LogP contribution is 2.64. The van der Waals surface area contributed by atoms with Crippen molar-refractivity contribution in [3.05, 3.63) is 35.4 Å². The van der Waals surface area contributed by atoms with Crippen molar-refractivity contribution >= 4 is 23.7 Å². The number of hydrogen-bond acceptors (Lipinski definition) is 8. The van der Waals surface area contributed by atoms with Crippen LogP contribution in [0.2, 0.25) is 0 Å². The summed E-state index contributed by atoms with van der Waals surface area (Å²) in [4.78, 5) is 52.8. The summed E-state index contributed by atoms with van der Waals surface area (Å²) in [5.41, 5.74) is 1.12. The van der Waals surface area contributed by atoms with Gasteiger partial charge >= 0.3 is 5.97 Å². The van der Waals surface area contributed by atoms with Gasteiger partial charge in [-0.25, -0.2) is 4.79 Å². The number of ether oxygens (including phenoxy) is 2. The van der Waals surface area contributed by atoms with E-state index in [2.05, 4.69) is 35.1 Å². The van der Waals surface area contributed by atoms with Crippen LogP contribution in [-0.4, -0.2) is 91.3 Å². The number of likely N-dealkylation sites (tertiary alicyclic amines) is 1. The monoisotopic (exact) mass is 637 g/mol. The van der Waals surface area contributed by atoms with Crippen LogP contribution in [0.4, 0.5) is 0 Å². The zero-order chi connectivity index (χ0) is 33.1. The lowest BCUT2D eigenvalue weighted by Gasteiger charge is -2.43. The third-order valence-electron chi connectivity index (χ3n) is 11.4. The fourth-order valence-corrected chi connectivity index (χ4v) is 8.06. The summed E-state index contributed by atoms with van der Waals surface area (Å²) in [6.07, 6.45) is 3.75. The Morgan fingerprint density at radius 3 is 2.59 bits per heavy atom. The molecule has 4 unspecified atom stereocenters. The fraction of sp³-hybridized carbons (Fsp3) is 0.714. The van der Waals surface area contributed by atoms with Gasteiger partial charge in [0.25, 0.3) is 5.91 Å². The highest BCUT2D eigenvalue weighted by Gasteiger charge is 2.78. The topological polar surface area (TPSA) is 141 Å². The molecule has 3 heterocycles. The molecule has 1 aromatic rings. The van der Waals surface area contributed by atoms with E-state index in [4.69, 9.17) is 9.47 Å². The van der Waals surface area contributed by atoms with Gasteiger partial charge in [0.15, 0.2) is 0 Å². The number of nitrogens with zero attached hydrogens (tertiary/aromatic N) is 1. The molecule has 0 aromatic heterocycles. The summed E-state index contributed by atoms with van der Waals surface area (Å²) < 4.78 is 11.4. The van der Waals surface area contributed by atoms with Crippen molar-refractivity contribution in [2.75, 3.05) is 20.1 Å². The Hall–Kier alpha value is -3.02. The van der Waals surface area contributed by atoms with Crippen LogP contribution in [0.3, 0.4) is 0 Å². The van der Waals surface area contributed by atoms with Crippen molar-refractivity contribution in [3.8, 4) is 0 Å². The van der Waals surface area contributed by atoms with Crippen LogP contribution in [0.1, 0.15) is 76.7 Å². The highest BCUT2D eigenvalue weighted by molar-refractivity contribution is 6.00. The van der Waals surface area contributed by atoms with Gasteiger partial charge in [0, 0.05) is 31.1 Å². The predicted octanol–water partition coefficient (Wildman–Crippen LogP) is 1.99. The number of carbonyl (C=O) groups is 4. The van der Waals surface area contributed by atoms with Crippen LogP contribution >= 0.6 is 0 Å². The number of benzene rings is 1. The summed E-state index contributed by atoms with van der Waals surface area (Å²) >= 11 is 0. The molecule has 1 aromatic carbocycles. The van der Waals surface area contributed by atoms with Crippen molar-refractivity contribution < 1.29 is 28.7 Å². The third-order valence-corrected chi connectivity index (χ3v) is 11.4. The molecule has 252 valence electrons. The SMILES string of the molecule is CN[C@@H](C)C(=O)N[C@H](C(=O)NC[C@@H](C)[C@H]1CC[C@H](NC2O[C@@H]2Cc2cccc(C(=O)N3CC45CC4OC(=O)C35)c2)[C@H]1C)C(C)(C)C. The first kappa shape index (κ1) is 32.9. The molecule has 1 spiro atoms. The third kappa shape index (κ3) is 6.18. The molecule has 2 aliphatic carbocycles. The Balaban J connectivity index is 0.955. The van der Waals surface area contributed by atoms with Gasteiger partial charge in [-0.1, -0.05) is 46.8 Å². The Bertz CT molecular complexity index is 1380. The van der Waals surface area contributed by atoms with E-state index in [1.54, 1.807) is 18.9 Å². The molecule has 6 rings (SSSR count). The van der Waals surface area contributed by atoms with E-state index in [9.17, 15) is 19.2 Å². The molecule has 2 saturated carbocycles. The van der Waals surface area contributed by atoms with Crippen molar-refractivity contribution in [1.82, 2.24) is 26.2 Å². The summed E-state index contributed by atoms with van der Waals surface area (Å²) in [6, 6.07) is 6.58. The van der Waals surface area contributed by atoms with Crippen LogP contribution < -0.4 is 21.3 Å². The van der Waals surface area contributed by atoms with E-state index >= 15 is 0 Å². The smallest absolute Gasteiger partial charge is 0.329 e. The van der Waals surface area contributed by atoms with E-state index in [1.165, 1.54) is 0 Å². The first-order valence-electron chi connectivity index (χ1n) is 17.0. The van der Waals surface area contributed by atoms with Gasteiger partial charge in [0.05, 0.1) is 11.5 Å². The van der Waals surface area contributed by atoms with E-state index in [1.807, 2.05) is 45.0 Å². The van der Waals surface area contributed by atoms with Crippen molar-refractivity contribution in [2.24, 2.45) is 28.6 Å². The standard InChI is InChI=1S/C35H51N5O6/c1-18(16-37-30(42)27(34(4,5)6)39-29(41)20(3)36-7)23-11-12-24(19(23)2)38-31-25(45-31)14-21-9-8-10-22(13-21)32(43)40-17-35-15-26(35)46-33(44)28(35)40/h8-10,13,18-20,23-28,31,36,38H,11-12,14-17H2,1-7H3,(H,37,42)(H,39,41)/t18-,19+,20+,23-,24+,25-,26?,27-,28?,31?,35?/m1/s1. The van der Waals surface area contributed by atoms with Crippen molar-refractivity contribution in [2.45, 2.75) is 110 Å². The van der Waals surface area contributed by atoms with Crippen molar-refractivity contribution in [1.29, 1.82) is 0 Å². The van der Waals surface area contributed by atoms with Crippen molar-refractivity contribution in [3.63, 3.8) is 0 Å². The molecule has 3 aliphatic heterocycles.